The van der Waals surface area contributed by atoms with Gasteiger partial charge in [-0.25, -0.2) is 0 Å². The molecule has 0 N–H and O–H groups in total. The third-order valence-electron chi connectivity index (χ3n) is 2.24. The molecule has 0 bridgehead atoms. The van der Waals surface area contributed by atoms with Crippen molar-refractivity contribution >= 4 is 29.0 Å². The molecule has 0 saturated carbocycles. The fraction of sp³-hybridized carbons (Fsp3) is 0.0714. The minimum absolute atomic E-state index is 0. The van der Waals surface area contributed by atoms with Gasteiger partial charge in [0.1, 0.15) is 0 Å². The zero-order chi connectivity index (χ0) is 11.5. The van der Waals surface area contributed by atoms with E-state index in [2.05, 4.69) is 0 Å². The number of hydrogen-bond acceptors (Lipinski definition) is 1. The molecule has 2 aromatic rings. The van der Waals surface area contributed by atoms with Crippen LogP contribution in [-0.4, -0.2) is 5.78 Å². The molecule has 0 saturated heterocycles. The molecule has 0 radical (unpaired) electrons. The first kappa shape index (κ1) is 13.8. The molecule has 0 aromatic heterocycles. The molecule has 1 nitrogen and oxygen atoms in total. The smallest absolute Gasteiger partial charge is 0.196 e. The van der Waals surface area contributed by atoms with Crippen molar-refractivity contribution < 1.29 is 4.79 Å². The molecule has 0 spiro atoms. The van der Waals surface area contributed by atoms with Crippen molar-refractivity contribution in [2.45, 2.75) is 7.43 Å². The highest BCUT2D eigenvalue weighted by atomic mass is 35.5. The monoisotopic (exact) mass is 266 g/mol. The lowest BCUT2D eigenvalue weighted by atomic mass is 10.0. The first-order valence-corrected chi connectivity index (χ1v) is 5.49. The fourth-order valence-corrected chi connectivity index (χ4v) is 1.88. The largest absolute Gasteiger partial charge is 0.288 e. The minimum Gasteiger partial charge on any atom is -0.288 e. The van der Waals surface area contributed by atoms with Crippen LogP contribution in [0.5, 0.6) is 0 Å². The van der Waals surface area contributed by atoms with E-state index in [0.29, 0.717) is 21.2 Å². The summed E-state index contributed by atoms with van der Waals surface area (Å²) in [7, 11) is 0. The van der Waals surface area contributed by atoms with Gasteiger partial charge in [0.05, 0.1) is 10.0 Å². The van der Waals surface area contributed by atoms with Crippen molar-refractivity contribution in [1.29, 1.82) is 0 Å². The van der Waals surface area contributed by atoms with Crippen molar-refractivity contribution in [1.82, 2.24) is 0 Å². The normalized spacial score (nSPS) is 9.53. The molecule has 0 heterocycles. The van der Waals surface area contributed by atoms with Crippen LogP contribution in [-0.2, 0) is 0 Å². The lowest BCUT2D eigenvalue weighted by Crippen LogP contribution is -2.02. The molecule has 2 aromatic carbocycles. The molecular formula is C14H12Cl2O. The Morgan fingerprint density at radius 1 is 0.765 bits per heavy atom. The summed E-state index contributed by atoms with van der Waals surface area (Å²) < 4.78 is 0. The second-order valence-electron chi connectivity index (χ2n) is 3.29. The van der Waals surface area contributed by atoms with Crippen LogP contribution >= 0.6 is 23.2 Å². The van der Waals surface area contributed by atoms with Gasteiger partial charge in [0.25, 0.3) is 0 Å². The summed E-state index contributed by atoms with van der Waals surface area (Å²) in [5, 5.41) is 0.875. The second kappa shape index (κ2) is 5.85. The number of ketones is 1. The van der Waals surface area contributed by atoms with Crippen LogP contribution in [0.4, 0.5) is 0 Å². The van der Waals surface area contributed by atoms with Crippen molar-refractivity contribution in [3.8, 4) is 0 Å². The predicted octanol–water partition coefficient (Wildman–Crippen LogP) is 4.86. The molecule has 0 unspecified atom stereocenters. The maximum absolute atomic E-state index is 12.1. The lowest BCUT2D eigenvalue weighted by molar-refractivity contribution is 0.103. The Balaban J connectivity index is 0.00000144. The van der Waals surface area contributed by atoms with E-state index in [1.807, 2.05) is 0 Å². The highest BCUT2D eigenvalue weighted by Gasteiger charge is 2.14. The van der Waals surface area contributed by atoms with Crippen LogP contribution in [0.15, 0.2) is 48.5 Å². The van der Waals surface area contributed by atoms with Gasteiger partial charge in [-0.3, -0.25) is 4.79 Å². The number of halogens is 2. The van der Waals surface area contributed by atoms with Crippen LogP contribution in [0.25, 0.3) is 0 Å². The third kappa shape index (κ3) is 2.87. The molecule has 17 heavy (non-hydrogen) atoms. The van der Waals surface area contributed by atoms with Crippen molar-refractivity contribution in [3.05, 3.63) is 69.7 Å². The van der Waals surface area contributed by atoms with Crippen LogP contribution in [0.1, 0.15) is 23.3 Å². The minimum atomic E-state index is -0.156. The van der Waals surface area contributed by atoms with Crippen LogP contribution in [0.3, 0.4) is 0 Å². The molecule has 2 rings (SSSR count). The van der Waals surface area contributed by atoms with Gasteiger partial charge in [-0.15, -0.1) is 0 Å². The number of carbonyl (C=O) groups is 1. The summed E-state index contributed by atoms with van der Waals surface area (Å²) in [6.07, 6.45) is 0. The standard InChI is InChI=1S/C13H8Cl2O.CH4/c14-11-7-3-1-5-9(11)13(16)10-6-2-4-8-12(10)15;/h1-8H;1H4. The summed E-state index contributed by atoms with van der Waals surface area (Å²) in [6.45, 7) is 0. The highest BCUT2D eigenvalue weighted by Crippen LogP contribution is 2.23. The second-order valence-corrected chi connectivity index (χ2v) is 4.10. The summed E-state index contributed by atoms with van der Waals surface area (Å²) in [6, 6.07) is 13.9. The SMILES string of the molecule is C.O=C(c1ccccc1Cl)c1ccccc1Cl. The lowest BCUT2D eigenvalue weighted by Gasteiger charge is -2.04. The van der Waals surface area contributed by atoms with Gasteiger partial charge >= 0.3 is 0 Å². The maximum atomic E-state index is 12.1. The Hall–Kier alpha value is -1.31. The first-order chi connectivity index (χ1) is 7.70. The van der Waals surface area contributed by atoms with E-state index < -0.39 is 0 Å². The highest BCUT2D eigenvalue weighted by molar-refractivity contribution is 6.38. The molecule has 0 aliphatic rings. The van der Waals surface area contributed by atoms with E-state index in [0.717, 1.165) is 0 Å². The van der Waals surface area contributed by atoms with E-state index in [9.17, 15) is 4.79 Å². The summed E-state index contributed by atoms with van der Waals surface area (Å²) in [5.41, 5.74) is 0.939. The Bertz CT molecular complexity index is 488. The van der Waals surface area contributed by atoms with Gasteiger partial charge in [-0.2, -0.15) is 0 Å². The van der Waals surface area contributed by atoms with Crippen molar-refractivity contribution in [2.24, 2.45) is 0 Å². The number of benzene rings is 2. The average Bonchev–Trinajstić information content (AvgIpc) is 2.29. The van der Waals surface area contributed by atoms with E-state index in [4.69, 9.17) is 23.2 Å². The van der Waals surface area contributed by atoms with Gasteiger partial charge in [0.15, 0.2) is 5.78 Å². The van der Waals surface area contributed by atoms with Crippen LogP contribution < -0.4 is 0 Å². The van der Waals surface area contributed by atoms with Gasteiger partial charge in [0, 0.05) is 11.1 Å². The van der Waals surface area contributed by atoms with Gasteiger partial charge in [-0.1, -0.05) is 54.9 Å². The molecule has 0 aliphatic carbocycles. The molecule has 3 heteroatoms. The van der Waals surface area contributed by atoms with Crippen LogP contribution in [0, 0.1) is 0 Å². The van der Waals surface area contributed by atoms with Crippen LogP contribution in [0.2, 0.25) is 10.0 Å². The Morgan fingerprint density at radius 3 is 1.47 bits per heavy atom. The number of rotatable bonds is 2. The molecule has 0 fully saturated rings. The van der Waals surface area contributed by atoms with Crippen molar-refractivity contribution in [2.75, 3.05) is 0 Å². The number of hydrogen-bond donors (Lipinski definition) is 0. The zero-order valence-corrected chi connectivity index (χ0v) is 9.79. The maximum Gasteiger partial charge on any atom is 0.196 e. The average molecular weight is 267 g/mol. The third-order valence-corrected chi connectivity index (χ3v) is 2.90. The summed E-state index contributed by atoms with van der Waals surface area (Å²) >= 11 is 11.9. The summed E-state index contributed by atoms with van der Waals surface area (Å²) in [4.78, 5) is 12.1. The number of carbonyl (C=O) groups excluding carboxylic acids is 1. The molecule has 0 atom stereocenters. The van der Waals surface area contributed by atoms with Gasteiger partial charge < -0.3 is 0 Å². The quantitative estimate of drug-likeness (QED) is 0.710. The zero-order valence-electron chi connectivity index (χ0n) is 8.28. The molecule has 88 valence electrons. The van der Waals surface area contributed by atoms with E-state index in [1.165, 1.54) is 0 Å². The Morgan fingerprint density at radius 2 is 1.12 bits per heavy atom. The summed E-state index contributed by atoms with van der Waals surface area (Å²) in [5.74, 6) is -0.156. The Labute approximate surface area is 111 Å². The molecule has 0 aliphatic heterocycles. The van der Waals surface area contributed by atoms with Crippen molar-refractivity contribution in [3.63, 3.8) is 0 Å². The topological polar surface area (TPSA) is 17.1 Å². The van der Waals surface area contributed by atoms with E-state index in [1.54, 1.807) is 48.5 Å². The molecular weight excluding hydrogens is 255 g/mol. The van der Waals surface area contributed by atoms with E-state index in [-0.39, 0.29) is 13.2 Å². The van der Waals surface area contributed by atoms with Gasteiger partial charge in [0.2, 0.25) is 0 Å². The van der Waals surface area contributed by atoms with Gasteiger partial charge in [-0.05, 0) is 24.3 Å². The van der Waals surface area contributed by atoms with E-state index >= 15 is 0 Å². The first-order valence-electron chi connectivity index (χ1n) is 4.74. The fourth-order valence-electron chi connectivity index (χ4n) is 1.44. The Kier molecular flexibility index (Phi) is 4.73. The predicted molar refractivity (Wildman–Crippen MR) is 73.1 cm³/mol. The molecule has 0 amide bonds.